The molecule has 0 spiro atoms. The first-order valence-corrected chi connectivity index (χ1v) is 9.02. The topological polar surface area (TPSA) is 42.4 Å². The van der Waals surface area contributed by atoms with Crippen molar-refractivity contribution < 1.29 is 8.83 Å². The van der Waals surface area contributed by atoms with Gasteiger partial charge in [-0.05, 0) is 35.7 Å². The van der Waals surface area contributed by atoms with Crippen LogP contribution >= 0.6 is 11.3 Å². The van der Waals surface area contributed by atoms with Crippen LogP contribution in [0.2, 0.25) is 0 Å². The van der Waals surface area contributed by atoms with Gasteiger partial charge in [0.1, 0.15) is 12.0 Å². The molecule has 0 atom stereocenters. The highest BCUT2D eigenvalue weighted by Gasteiger charge is 2.14. The highest BCUT2D eigenvalue weighted by molar-refractivity contribution is 7.09. The van der Waals surface area contributed by atoms with Crippen LogP contribution in [-0.2, 0) is 19.6 Å². The number of rotatable bonds is 7. The number of nitrogens with zero attached hydrogens (tertiary/aromatic N) is 2. The summed E-state index contributed by atoms with van der Waals surface area (Å²) in [5.74, 6) is 1.60. The normalized spacial score (nSPS) is 11.2. The van der Waals surface area contributed by atoms with Crippen LogP contribution in [0.15, 0.2) is 81.3 Å². The Hall–Kier alpha value is -2.63. The third kappa shape index (κ3) is 4.07. The van der Waals surface area contributed by atoms with E-state index < -0.39 is 0 Å². The summed E-state index contributed by atoms with van der Waals surface area (Å²) in [5.41, 5.74) is 1.91. The van der Waals surface area contributed by atoms with Crippen LogP contribution < -0.4 is 0 Å². The van der Waals surface area contributed by atoms with Crippen molar-refractivity contribution in [1.82, 2.24) is 9.88 Å². The Morgan fingerprint density at radius 2 is 1.80 bits per heavy atom. The Kier molecular flexibility index (Phi) is 4.77. The first-order valence-electron chi connectivity index (χ1n) is 8.14. The predicted molar refractivity (Wildman–Crippen MR) is 97.9 cm³/mol. The van der Waals surface area contributed by atoms with Crippen molar-refractivity contribution in [3.05, 3.63) is 88.8 Å². The minimum Gasteiger partial charge on any atom is -0.468 e. The van der Waals surface area contributed by atoms with Gasteiger partial charge in [-0.2, -0.15) is 0 Å². The molecule has 0 aliphatic carbocycles. The number of hydrogen-bond acceptors (Lipinski definition) is 5. The molecule has 5 heteroatoms. The van der Waals surface area contributed by atoms with E-state index in [4.69, 9.17) is 8.83 Å². The zero-order valence-corrected chi connectivity index (χ0v) is 14.5. The van der Waals surface area contributed by atoms with E-state index in [1.165, 1.54) is 4.88 Å². The monoisotopic (exact) mass is 350 g/mol. The zero-order chi connectivity index (χ0) is 16.9. The average Bonchev–Trinajstić information content (AvgIpc) is 3.38. The average molecular weight is 350 g/mol. The van der Waals surface area contributed by atoms with E-state index in [1.807, 2.05) is 42.5 Å². The number of hydrogen-bond donors (Lipinski definition) is 0. The number of furan rings is 1. The van der Waals surface area contributed by atoms with E-state index in [0.717, 1.165) is 30.1 Å². The molecule has 0 aliphatic heterocycles. The summed E-state index contributed by atoms with van der Waals surface area (Å²) in [6, 6.07) is 18.1. The fourth-order valence-electron chi connectivity index (χ4n) is 2.74. The third-order valence-electron chi connectivity index (χ3n) is 3.88. The molecule has 1 aromatic carbocycles. The summed E-state index contributed by atoms with van der Waals surface area (Å²) >= 11 is 1.76. The molecule has 0 unspecified atom stereocenters. The van der Waals surface area contributed by atoms with Crippen molar-refractivity contribution >= 4 is 11.3 Å². The summed E-state index contributed by atoms with van der Waals surface area (Å²) in [6.45, 7) is 2.29. The fourth-order valence-corrected chi connectivity index (χ4v) is 3.48. The van der Waals surface area contributed by atoms with Gasteiger partial charge in [0.25, 0.3) is 0 Å². The lowest BCUT2D eigenvalue weighted by Gasteiger charge is -2.19. The maximum atomic E-state index is 5.66. The van der Waals surface area contributed by atoms with Gasteiger partial charge >= 0.3 is 0 Å². The van der Waals surface area contributed by atoms with E-state index in [-0.39, 0.29) is 0 Å². The number of benzene rings is 1. The van der Waals surface area contributed by atoms with Crippen molar-refractivity contribution in [1.29, 1.82) is 0 Å². The summed E-state index contributed by atoms with van der Waals surface area (Å²) in [6.07, 6.45) is 3.45. The van der Waals surface area contributed by atoms with Crippen LogP contribution in [0.25, 0.3) is 11.5 Å². The van der Waals surface area contributed by atoms with E-state index in [2.05, 4.69) is 27.4 Å². The van der Waals surface area contributed by atoms with E-state index >= 15 is 0 Å². The molecule has 0 aliphatic rings. The SMILES string of the molecule is c1ccc(-c2nc(CN(Cc3ccco3)Cc3cccs3)co2)cc1. The summed E-state index contributed by atoms with van der Waals surface area (Å²) < 4.78 is 11.2. The highest BCUT2D eigenvalue weighted by atomic mass is 32.1. The van der Waals surface area contributed by atoms with Gasteiger partial charge in [-0.1, -0.05) is 24.3 Å². The van der Waals surface area contributed by atoms with E-state index in [9.17, 15) is 0 Å². The quantitative estimate of drug-likeness (QED) is 0.459. The Balaban J connectivity index is 1.50. The Labute approximate surface area is 150 Å². The largest absolute Gasteiger partial charge is 0.468 e. The Morgan fingerprint density at radius 3 is 2.56 bits per heavy atom. The number of oxazole rings is 1. The fraction of sp³-hybridized carbons (Fsp3) is 0.150. The lowest BCUT2D eigenvalue weighted by molar-refractivity contribution is 0.226. The van der Waals surface area contributed by atoms with Crippen LogP contribution in [0.3, 0.4) is 0 Å². The van der Waals surface area contributed by atoms with Crippen molar-refractivity contribution in [2.75, 3.05) is 0 Å². The minimum atomic E-state index is 0.657. The molecule has 4 rings (SSSR count). The highest BCUT2D eigenvalue weighted by Crippen LogP contribution is 2.21. The van der Waals surface area contributed by atoms with E-state index in [1.54, 1.807) is 23.9 Å². The molecule has 0 radical (unpaired) electrons. The molecule has 4 nitrogen and oxygen atoms in total. The summed E-state index contributed by atoms with van der Waals surface area (Å²) in [7, 11) is 0. The lowest BCUT2D eigenvalue weighted by atomic mass is 10.2. The molecule has 0 amide bonds. The van der Waals surface area contributed by atoms with Crippen LogP contribution in [0.5, 0.6) is 0 Å². The molecule has 0 saturated carbocycles. The van der Waals surface area contributed by atoms with Gasteiger partial charge in [-0.3, -0.25) is 4.90 Å². The van der Waals surface area contributed by atoms with Crippen LogP contribution in [0.1, 0.15) is 16.3 Å². The second-order valence-electron chi connectivity index (χ2n) is 5.81. The van der Waals surface area contributed by atoms with Crippen LogP contribution in [0.4, 0.5) is 0 Å². The maximum absolute atomic E-state index is 5.66. The summed E-state index contributed by atoms with van der Waals surface area (Å²) in [5, 5.41) is 2.10. The van der Waals surface area contributed by atoms with Crippen molar-refractivity contribution in [3.8, 4) is 11.5 Å². The van der Waals surface area contributed by atoms with Crippen molar-refractivity contribution in [2.45, 2.75) is 19.6 Å². The maximum Gasteiger partial charge on any atom is 0.226 e. The molecular formula is C20H18N2O2S. The molecule has 25 heavy (non-hydrogen) atoms. The van der Waals surface area contributed by atoms with Gasteiger partial charge in [-0.15, -0.1) is 11.3 Å². The number of aromatic nitrogens is 1. The number of thiophene rings is 1. The van der Waals surface area contributed by atoms with Gasteiger partial charge in [0.2, 0.25) is 5.89 Å². The molecule has 0 N–H and O–H groups in total. The summed E-state index contributed by atoms with van der Waals surface area (Å²) in [4.78, 5) is 8.26. The third-order valence-corrected chi connectivity index (χ3v) is 4.74. The predicted octanol–water partition coefficient (Wildman–Crippen LogP) is 5.20. The second-order valence-corrected chi connectivity index (χ2v) is 6.85. The first kappa shape index (κ1) is 15.9. The van der Waals surface area contributed by atoms with E-state index in [0.29, 0.717) is 12.4 Å². The minimum absolute atomic E-state index is 0.657. The standard InChI is InChI=1S/C20H18N2O2S/c1-2-6-16(7-3-1)20-21-17(15-24-20)12-22(13-18-8-4-10-23-18)14-19-9-5-11-25-19/h1-11,15H,12-14H2. The van der Waals surface area contributed by atoms with Gasteiger partial charge in [0, 0.05) is 23.5 Å². The molecule has 4 aromatic rings. The second kappa shape index (κ2) is 7.51. The lowest BCUT2D eigenvalue weighted by Crippen LogP contribution is -2.21. The molecule has 0 bridgehead atoms. The molecular weight excluding hydrogens is 332 g/mol. The van der Waals surface area contributed by atoms with Gasteiger partial charge in [0.15, 0.2) is 0 Å². The Morgan fingerprint density at radius 1 is 0.880 bits per heavy atom. The smallest absolute Gasteiger partial charge is 0.226 e. The van der Waals surface area contributed by atoms with Crippen molar-refractivity contribution in [2.24, 2.45) is 0 Å². The van der Waals surface area contributed by atoms with Gasteiger partial charge < -0.3 is 8.83 Å². The molecule has 126 valence electrons. The van der Waals surface area contributed by atoms with Gasteiger partial charge in [0.05, 0.1) is 18.5 Å². The first-order chi connectivity index (χ1) is 12.4. The van der Waals surface area contributed by atoms with Crippen molar-refractivity contribution in [3.63, 3.8) is 0 Å². The molecule has 0 fully saturated rings. The van der Waals surface area contributed by atoms with Crippen LogP contribution in [0, 0.1) is 0 Å². The van der Waals surface area contributed by atoms with Crippen LogP contribution in [-0.4, -0.2) is 9.88 Å². The zero-order valence-electron chi connectivity index (χ0n) is 13.7. The molecule has 3 heterocycles. The Bertz CT molecular complexity index is 847. The molecule has 0 saturated heterocycles. The van der Waals surface area contributed by atoms with Gasteiger partial charge in [-0.25, -0.2) is 4.98 Å². The molecule has 3 aromatic heterocycles.